The molecule has 0 saturated carbocycles. The molecule has 0 unspecified atom stereocenters. The zero-order valence-corrected chi connectivity index (χ0v) is 81.0. The molecule has 0 radical (unpaired) electrons. The number of hydrogen-bond acceptors (Lipinski definition) is 2. The van der Waals surface area contributed by atoms with Crippen LogP contribution in [0.25, 0.3) is 164 Å². The van der Waals surface area contributed by atoms with Gasteiger partial charge in [0, 0.05) is 77.9 Å². The molecular formula is C126H119BN4. The minimum atomic E-state index is -0.386. The summed E-state index contributed by atoms with van der Waals surface area (Å²) in [5.74, 6) is 0. The Bertz CT molecular complexity index is 7980. The van der Waals surface area contributed by atoms with Crippen LogP contribution in [0.3, 0.4) is 0 Å². The van der Waals surface area contributed by atoms with Gasteiger partial charge in [0.25, 0.3) is 6.71 Å². The van der Waals surface area contributed by atoms with Crippen LogP contribution in [0.1, 0.15) is 211 Å². The van der Waals surface area contributed by atoms with E-state index in [4.69, 9.17) is 0 Å². The quantitative estimate of drug-likeness (QED) is 0.0856. The fraction of sp³-hybridized carbons (Fsp3) is 0.254. The third-order valence-electron chi connectivity index (χ3n) is 30.1. The maximum atomic E-state index is 2.81. The van der Waals surface area contributed by atoms with E-state index in [2.05, 4.69) is 470 Å². The number of aromatic nitrogens is 2. The molecule has 0 bridgehead atoms. The number of fused-ring (bicyclic) bond motifs is 6. The normalized spacial score (nSPS) is 13.9. The molecule has 19 aromatic carbocycles. The van der Waals surface area contributed by atoms with Gasteiger partial charge in [-0.05, 0) is 252 Å². The van der Waals surface area contributed by atoms with Gasteiger partial charge in [-0.1, -0.05) is 391 Å². The molecule has 5 heteroatoms. The van der Waals surface area contributed by atoms with Crippen molar-refractivity contribution in [3.05, 3.63) is 330 Å². The van der Waals surface area contributed by atoms with Gasteiger partial charge in [0.05, 0.1) is 33.4 Å². The molecule has 0 atom stereocenters. The van der Waals surface area contributed by atoms with E-state index < -0.39 is 0 Å². The van der Waals surface area contributed by atoms with Crippen molar-refractivity contribution in [1.82, 2.24) is 9.13 Å². The summed E-state index contributed by atoms with van der Waals surface area (Å²) in [5, 5.41) is 21.3. The second kappa shape index (κ2) is 27.8. The maximum Gasteiger partial charge on any atom is 0.252 e. The number of benzene rings is 19. The number of anilines is 6. The Morgan fingerprint density at radius 3 is 0.725 bits per heavy atom. The topological polar surface area (TPSA) is 16.3 Å². The molecule has 21 aromatic rings. The van der Waals surface area contributed by atoms with Gasteiger partial charge in [0.2, 0.25) is 0 Å². The smallest absolute Gasteiger partial charge is 0.252 e. The van der Waals surface area contributed by atoms with E-state index in [0.717, 1.165) is 90.0 Å². The molecule has 4 heterocycles. The lowest BCUT2D eigenvalue weighted by molar-refractivity contribution is 0.590. The molecule has 4 nitrogen and oxygen atoms in total. The van der Waals surface area contributed by atoms with Gasteiger partial charge in [-0.25, -0.2) is 0 Å². The van der Waals surface area contributed by atoms with Crippen molar-refractivity contribution in [3.8, 4) is 55.9 Å². The van der Waals surface area contributed by atoms with E-state index in [9.17, 15) is 0 Å². The molecule has 0 N–H and O–H groups in total. The SMILES string of the molecule is CC(C)(C)c1ccc(-c2cccc(-c3ccccc3)c2N2c3cc(-n4c5cc(C(C)(C)C)c6cccc7c8cccc9c(C(C)(C)C)cc4c(c98)c5c67)ccc3B3c4ccc(-n5c6cc(C(C)(C)C)c7cccc8c9cccc%10c(C(C)(C)C)cc5c(c%109)c6c78)cc4N(c4c(-c5ccc(C(C)(C)C)cc5)cccc4-c4ccc(C(C)(C)C)cc4)c4cc(C(C)(C)C)cc2c43)cc1. The van der Waals surface area contributed by atoms with Gasteiger partial charge < -0.3 is 18.9 Å². The Hall–Kier alpha value is -13.0. The monoisotopic (exact) mass is 1700 g/mol. The third kappa shape index (κ3) is 12.3. The van der Waals surface area contributed by atoms with Crippen molar-refractivity contribution in [1.29, 1.82) is 0 Å². The van der Waals surface area contributed by atoms with Crippen LogP contribution < -0.4 is 26.2 Å². The minimum absolute atomic E-state index is 0.0696. The fourth-order valence-corrected chi connectivity index (χ4v) is 23.5. The average molecular weight is 1700 g/mol. The molecule has 131 heavy (non-hydrogen) atoms. The van der Waals surface area contributed by atoms with Crippen LogP contribution in [-0.4, -0.2) is 15.8 Å². The lowest BCUT2D eigenvalue weighted by Crippen LogP contribution is -2.61. The van der Waals surface area contributed by atoms with Crippen LogP contribution >= 0.6 is 0 Å². The Balaban J connectivity index is 0.909. The van der Waals surface area contributed by atoms with Crippen LogP contribution in [-0.2, 0) is 43.3 Å². The molecule has 0 amide bonds. The van der Waals surface area contributed by atoms with Gasteiger partial charge >= 0.3 is 0 Å². The predicted octanol–water partition coefficient (Wildman–Crippen LogP) is 33.7. The number of para-hydroxylation sites is 2. The van der Waals surface area contributed by atoms with E-state index >= 15 is 0 Å². The van der Waals surface area contributed by atoms with Crippen molar-refractivity contribution >= 4 is 165 Å². The lowest BCUT2D eigenvalue weighted by atomic mass is 9.33. The molecular weight excluding hydrogens is 1580 g/mol. The molecule has 0 aliphatic carbocycles. The second-order valence-corrected chi connectivity index (χ2v) is 46.9. The minimum Gasteiger partial charge on any atom is -0.310 e. The highest BCUT2D eigenvalue weighted by molar-refractivity contribution is 7.00. The van der Waals surface area contributed by atoms with Crippen molar-refractivity contribution in [2.24, 2.45) is 0 Å². The fourth-order valence-electron chi connectivity index (χ4n) is 23.5. The number of nitrogens with zero attached hydrogens (tertiary/aromatic N) is 4. The highest BCUT2D eigenvalue weighted by Crippen LogP contribution is 2.59. The second-order valence-electron chi connectivity index (χ2n) is 46.9. The molecule has 646 valence electrons. The summed E-state index contributed by atoms with van der Waals surface area (Å²) in [6.07, 6.45) is 0. The van der Waals surface area contributed by atoms with Gasteiger partial charge in [0.15, 0.2) is 0 Å². The first-order chi connectivity index (χ1) is 62.1. The van der Waals surface area contributed by atoms with E-state index in [1.54, 1.807) is 0 Å². The van der Waals surface area contributed by atoms with Gasteiger partial charge in [-0.3, -0.25) is 0 Å². The van der Waals surface area contributed by atoms with Crippen LogP contribution in [0.5, 0.6) is 0 Å². The van der Waals surface area contributed by atoms with E-state index in [-0.39, 0.29) is 50.0 Å². The maximum absolute atomic E-state index is 2.81. The number of hydrogen-bond donors (Lipinski definition) is 0. The van der Waals surface area contributed by atoms with Gasteiger partial charge in [-0.2, -0.15) is 0 Å². The van der Waals surface area contributed by atoms with Crippen molar-refractivity contribution in [2.75, 3.05) is 9.80 Å². The molecule has 2 aliphatic rings. The van der Waals surface area contributed by atoms with Crippen LogP contribution in [0.2, 0.25) is 0 Å². The van der Waals surface area contributed by atoms with Crippen molar-refractivity contribution in [3.63, 3.8) is 0 Å². The summed E-state index contributed by atoms with van der Waals surface area (Å²) in [4.78, 5) is 5.60. The Morgan fingerprint density at radius 2 is 0.458 bits per heavy atom. The summed E-state index contributed by atoms with van der Waals surface area (Å²) in [6.45, 7) is 57.0. The zero-order chi connectivity index (χ0) is 91.3. The largest absolute Gasteiger partial charge is 0.310 e. The Morgan fingerprint density at radius 1 is 0.198 bits per heavy atom. The molecule has 0 fully saturated rings. The van der Waals surface area contributed by atoms with Crippen LogP contribution in [0.4, 0.5) is 34.1 Å². The van der Waals surface area contributed by atoms with E-state index in [1.165, 1.54) is 169 Å². The molecule has 0 spiro atoms. The molecule has 2 aliphatic heterocycles. The molecule has 23 rings (SSSR count). The van der Waals surface area contributed by atoms with Crippen LogP contribution in [0, 0.1) is 0 Å². The van der Waals surface area contributed by atoms with Gasteiger partial charge in [0.1, 0.15) is 0 Å². The first-order valence-electron chi connectivity index (χ1n) is 47.8. The summed E-state index contributed by atoms with van der Waals surface area (Å²) in [5.41, 5.74) is 36.1. The summed E-state index contributed by atoms with van der Waals surface area (Å²) in [7, 11) is 0. The summed E-state index contributed by atoms with van der Waals surface area (Å²) >= 11 is 0. The predicted molar refractivity (Wildman–Crippen MR) is 570 cm³/mol. The molecule has 0 saturated heterocycles. The molecule has 2 aromatic heterocycles. The van der Waals surface area contributed by atoms with E-state index in [0.29, 0.717) is 0 Å². The highest BCUT2D eigenvalue weighted by atomic mass is 15.2. The zero-order valence-electron chi connectivity index (χ0n) is 81.0. The van der Waals surface area contributed by atoms with Gasteiger partial charge in [-0.15, -0.1) is 0 Å². The standard InChI is InChI=1S/C126H119BN4/c1-119(2,3)76-54-48-73(49-55-76)83-37-28-36-82(72-34-26-25-27-35-72)117(83)130-100-66-80(128-102-68-94(123(13,14)15)90-44-30-40-86-87-41-31-45-91-95(124(16,17)18)69-103(128)113(109(87)91)112(102)108(86)90)60-62-98(100)127-99-63-61-81(129-104-70-96(125(19,20)21)92-46-32-42-88-89-43-33-47-93-97(126(22,23)24)71-105(129)115(111(89)93)114(104)110(88)92)67-101(99)131(107-65-79(122(10,11)12)64-106(130)116(107)127)118-84(74-50-56-77(57-51-74)120(4,5)6)38-29-39-85(118)75-52-58-78(59-53-75)121(7,8)9/h25-71H,1-24H3. The van der Waals surface area contributed by atoms with Crippen molar-refractivity contribution in [2.45, 2.75) is 209 Å². The summed E-state index contributed by atoms with van der Waals surface area (Å²) in [6, 6.07) is 114. The first-order valence-corrected chi connectivity index (χ1v) is 47.8. The van der Waals surface area contributed by atoms with Crippen LogP contribution in [0.15, 0.2) is 285 Å². The summed E-state index contributed by atoms with van der Waals surface area (Å²) < 4.78 is 5.44. The number of rotatable bonds is 8. The van der Waals surface area contributed by atoms with Crippen molar-refractivity contribution < 1.29 is 0 Å². The Labute approximate surface area is 774 Å². The highest BCUT2D eigenvalue weighted by Gasteiger charge is 2.48. The lowest BCUT2D eigenvalue weighted by Gasteiger charge is -2.46. The third-order valence-corrected chi connectivity index (χ3v) is 30.1. The van der Waals surface area contributed by atoms with E-state index in [1.807, 2.05) is 0 Å². The average Bonchev–Trinajstić information content (AvgIpc) is 1.55. The first kappa shape index (κ1) is 82.5. The Kier molecular flexibility index (Phi) is 17.5.